The maximum absolute atomic E-state index is 6.39. The number of hydrogen-bond donors (Lipinski definition) is 1. The van der Waals surface area contributed by atoms with Gasteiger partial charge in [-0.25, -0.2) is 0 Å². The second-order valence-corrected chi connectivity index (χ2v) is 5.23. The molecule has 1 atom stereocenters. The lowest BCUT2D eigenvalue weighted by Crippen LogP contribution is -2.19. The van der Waals surface area contributed by atoms with Crippen LogP contribution in [0.5, 0.6) is 5.75 Å². The normalized spacial score (nSPS) is 12.4. The van der Waals surface area contributed by atoms with Crippen molar-refractivity contribution in [2.45, 2.75) is 32.9 Å². The van der Waals surface area contributed by atoms with Crippen molar-refractivity contribution in [1.29, 1.82) is 0 Å². The van der Waals surface area contributed by atoms with Crippen molar-refractivity contribution >= 4 is 11.6 Å². The maximum Gasteiger partial charge on any atom is 0.161 e. The van der Waals surface area contributed by atoms with E-state index >= 15 is 0 Å². The number of aryl methyl sites for hydroxylation is 2. The lowest BCUT2D eigenvalue weighted by Gasteiger charge is -2.17. The molecule has 1 aromatic carbocycles. The Hall–Kier alpha value is -1.52. The number of aromatic nitrogens is 2. The van der Waals surface area contributed by atoms with E-state index in [0.29, 0.717) is 10.8 Å². The monoisotopic (exact) mass is 293 g/mol. The molecule has 0 fully saturated rings. The first-order valence-corrected chi connectivity index (χ1v) is 7.07. The predicted molar refractivity (Wildman–Crippen MR) is 81.3 cm³/mol. The molecule has 5 heteroatoms. The molecule has 0 saturated heterocycles. The Morgan fingerprint density at radius 1 is 1.45 bits per heavy atom. The molecule has 0 spiro atoms. The molecule has 0 aliphatic carbocycles. The zero-order valence-electron chi connectivity index (χ0n) is 12.1. The molecule has 2 aromatic rings. The van der Waals surface area contributed by atoms with Crippen molar-refractivity contribution in [1.82, 2.24) is 9.78 Å². The Morgan fingerprint density at radius 2 is 2.20 bits per heavy atom. The summed E-state index contributed by atoms with van der Waals surface area (Å²) < 4.78 is 7.26. The van der Waals surface area contributed by atoms with Crippen LogP contribution in [0.25, 0.3) is 0 Å². The van der Waals surface area contributed by atoms with Crippen molar-refractivity contribution in [2.24, 2.45) is 5.73 Å². The third kappa shape index (κ3) is 2.81. The van der Waals surface area contributed by atoms with Crippen LogP contribution in [0, 0.1) is 6.92 Å². The average Bonchev–Trinajstić information content (AvgIpc) is 2.81. The summed E-state index contributed by atoms with van der Waals surface area (Å²) in [6.45, 7) is 4.90. The standard InChI is InChI=1S/C15H20ClN3O/c1-4-7-19-15(13(20-3)9-18-19)14(17)11-6-5-10(2)8-12(11)16/h5-6,8-9,14H,4,7,17H2,1-3H3. The Kier molecular flexibility index (Phi) is 4.68. The van der Waals surface area contributed by atoms with Crippen LogP contribution in [0.4, 0.5) is 0 Å². The summed E-state index contributed by atoms with van der Waals surface area (Å²) in [6, 6.07) is 5.54. The number of hydrogen-bond acceptors (Lipinski definition) is 3. The first kappa shape index (κ1) is 14.9. The fourth-order valence-corrected chi connectivity index (χ4v) is 2.62. The molecule has 2 N–H and O–H groups in total. The molecule has 0 aliphatic rings. The van der Waals surface area contributed by atoms with E-state index in [-0.39, 0.29) is 6.04 Å². The van der Waals surface area contributed by atoms with E-state index in [4.69, 9.17) is 22.1 Å². The summed E-state index contributed by atoms with van der Waals surface area (Å²) in [7, 11) is 1.63. The van der Waals surface area contributed by atoms with Gasteiger partial charge in [0.15, 0.2) is 5.75 Å². The molecule has 0 bridgehead atoms. The van der Waals surface area contributed by atoms with Gasteiger partial charge in [0, 0.05) is 11.6 Å². The second kappa shape index (κ2) is 6.29. The van der Waals surface area contributed by atoms with E-state index in [2.05, 4.69) is 12.0 Å². The van der Waals surface area contributed by atoms with Gasteiger partial charge in [-0.3, -0.25) is 4.68 Å². The minimum atomic E-state index is -0.355. The Morgan fingerprint density at radius 3 is 2.80 bits per heavy atom. The number of nitrogens with zero attached hydrogens (tertiary/aromatic N) is 2. The summed E-state index contributed by atoms with van der Waals surface area (Å²) in [5.41, 5.74) is 9.25. The molecule has 1 heterocycles. The van der Waals surface area contributed by atoms with Gasteiger partial charge in [-0.05, 0) is 30.5 Å². The fraction of sp³-hybridized carbons (Fsp3) is 0.400. The molecule has 1 unspecified atom stereocenters. The quantitative estimate of drug-likeness (QED) is 0.920. The third-order valence-electron chi connectivity index (χ3n) is 3.29. The second-order valence-electron chi connectivity index (χ2n) is 4.82. The van der Waals surface area contributed by atoms with Crippen LogP contribution in [-0.2, 0) is 6.54 Å². The number of methoxy groups -OCH3 is 1. The topological polar surface area (TPSA) is 53.1 Å². The van der Waals surface area contributed by atoms with Crippen molar-refractivity contribution < 1.29 is 4.74 Å². The highest BCUT2D eigenvalue weighted by molar-refractivity contribution is 6.31. The molecule has 0 amide bonds. The van der Waals surface area contributed by atoms with E-state index in [1.165, 1.54) is 0 Å². The molecule has 0 saturated carbocycles. The van der Waals surface area contributed by atoms with E-state index in [1.807, 2.05) is 29.8 Å². The van der Waals surface area contributed by atoms with Gasteiger partial charge in [0.1, 0.15) is 5.69 Å². The number of rotatable bonds is 5. The number of benzene rings is 1. The largest absolute Gasteiger partial charge is 0.493 e. The molecule has 20 heavy (non-hydrogen) atoms. The average molecular weight is 294 g/mol. The molecule has 0 aliphatic heterocycles. The van der Waals surface area contributed by atoms with Crippen LogP contribution < -0.4 is 10.5 Å². The van der Waals surface area contributed by atoms with Gasteiger partial charge in [0.2, 0.25) is 0 Å². The molecular weight excluding hydrogens is 274 g/mol. The van der Waals surface area contributed by atoms with Gasteiger partial charge in [-0.2, -0.15) is 5.10 Å². The van der Waals surface area contributed by atoms with E-state index in [1.54, 1.807) is 13.3 Å². The third-order valence-corrected chi connectivity index (χ3v) is 3.61. The number of ether oxygens (including phenoxy) is 1. The van der Waals surface area contributed by atoms with E-state index in [9.17, 15) is 0 Å². The summed E-state index contributed by atoms with van der Waals surface area (Å²) in [6.07, 6.45) is 2.68. The van der Waals surface area contributed by atoms with Crippen LogP contribution in [0.2, 0.25) is 5.02 Å². The molecule has 0 radical (unpaired) electrons. The van der Waals surface area contributed by atoms with Gasteiger partial charge >= 0.3 is 0 Å². The van der Waals surface area contributed by atoms with Crippen molar-refractivity contribution in [2.75, 3.05) is 7.11 Å². The molecule has 4 nitrogen and oxygen atoms in total. The van der Waals surface area contributed by atoms with Crippen molar-refractivity contribution in [3.05, 3.63) is 46.2 Å². The van der Waals surface area contributed by atoms with Crippen LogP contribution in [-0.4, -0.2) is 16.9 Å². The van der Waals surface area contributed by atoms with Crippen molar-refractivity contribution in [3.8, 4) is 5.75 Å². The van der Waals surface area contributed by atoms with Crippen LogP contribution in [0.15, 0.2) is 24.4 Å². The van der Waals surface area contributed by atoms with Crippen LogP contribution in [0.1, 0.15) is 36.2 Å². The smallest absolute Gasteiger partial charge is 0.161 e. The predicted octanol–water partition coefficient (Wildman–Crippen LogP) is 3.31. The van der Waals surface area contributed by atoms with Gasteiger partial charge in [-0.15, -0.1) is 0 Å². The molecular formula is C15H20ClN3O. The number of halogens is 1. The zero-order valence-corrected chi connectivity index (χ0v) is 12.8. The van der Waals surface area contributed by atoms with Gasteiger partial charge in [0.05, 0.1) is 19.3 Å². The highest BCUT2D eigenvalue weighted by Crippen LogP contribution is 2.32. The highest BCUT2D eigenvalue weighted by atomic mass is 35.5. The molecule has 108 valence electrons. The Labute approximate surface area is 124 Å². The van der Waals surface area contributed by atoms with E-state index < -0.39 is 0 Å². The van der Waals surface area contributed by atoms with Gasteiger partial charge < -0.3 is 10.5 Å². The Balaban J connectivity index is 2.46. The Bertz CT molecular complexity index is 595. The van der Waals surface area contributed by atoms with Gasteiger partial charge in [-0.1, -0.05) is 30.7 Å². The molecule has 2 rings (SSSR count). The summed E-state index contributed by atoms with van der Waals surface area (Å²) in [5.74, 6) is 0.697. The SMILES string of the molecule is CCCn1ncc(OC)c1C(N)c1ccc(C)cc1Cl. The maximum atomic E-state index is 6.39. The van der Waals surface area contributed by atoms with E-state index in [0.717, 1.165) is 29.8 Å². The lowest BCUT2D eigenvalue weighted by atomic mass is 10.0. The highest BCUT2D eigenvalue weighted by Gasteiger charge is 2.21. The molecule has 1 aromatic heterocycles. The van der Waals surface area contributed by atoms with Crippen molar-refractivity contribution in [3.63, 3.8) is 0 Å². The summed E-state index contributed by atoms with van der Waals surface area (Å²) in [5, 5.41) is 5.01. The van der Waals surface area contributed by atoms with Crippen LogP contribution >= 0.6 is 11.6 Å². The zero-order chi connectivity index (χ0) is 14.7. The minimum Gasteiger partial charge on any atom is -0.493 e. The lowest BCUT2D eigenvalue weighted by molar-refractivity contribution is 0.404. The van der Waals surface area contributed by atoms with Crippen LogP contribution in [0.3, 0.4) is 0 Å². The minimum absolute atomic E-state index is 0.355. The summed E-state index contributed by atoms with van der Waals surface area (Å²) >= 11 is 6.32. The number of nitrogens with two attached hydrogens (primary N) is 1. The fourth-order valence-electron chi connectivity index (χ4n) is 2.27. The summed E-state index contributed by atoms with van der Waals surface area (Å²) in [4.78, 5) is 0. The first-order valence-electron chi connectivity index (χ1n) is 6.69. The first-order chi connectivity index (χ1) is 9.58. The van der Waals surface area contributed by atoms with Gasteiger partial charge in [0.25, 0.3) is 0 Å².